The summed E-state index contributed by atoms with van der Waals surface area (Å²) < 4.78 is 32.1. The summed E-state index contributed by atoms with van der Waals surface area (Å²) in [5.41, 5.74) is 3.15. The molecule has 6 nitrogen and oxygen atoms in total. The third-order valence-corrected chi connectivity index (χ3v) is 5.45. The summed E-state index contributed by atoms with van der Waals surface area (Å²) in [6, 6.07) is 11.6. The number of hydrogen-bond acceptors (Lipinski definition) is 4. The largest absolute Gasteiger partial charge is 0.385 e. The molecule has 2 rings (SSSR count). The number of methoxy groups -OCH3 is 1. The number of rotatable bonds is 8. The molecule has 0 atom stereocenters. The molecule has 0 saturated carbocycles. The second-order valence-corrected chi connectivity index (χ2v) is 7.79. The molecule has 2 aromatic rings. The summed E-state index contributed by atoms with van der Waals surface area (Å²) in [4.78, 5) is 12.5. The molecule has 0 aliphatic rings. The summed E-state index contributed by atoms with van der Waals surface area (Å²) in [6.07, 6.45) is 0.572. The van der Waals surface area contributed by atoms with Crippen LogP contribution in [0.15, 0.2) is 47.4 Å². The highest BCUT2D eigenvalue weighted by molar-refractivity contribution is 7.89. The van der Waals surface area contributed by atoms with Crippen molar-refractivity contribution in [2.24, 2.45) is 0 Å². The molecule has 0 bridgehead atoms. The maximum Gasteiger partial charge on any atom is 0.255 e. The van der Waals surface area contributed by atoms with Gasteiger partial charge < -0.3 is 10.1 Å². The third kappa shape index (κ3) is 5.39. The van der Waals surface area contributed by atoms with Crippen LogP contribution in [0.4, 0.5) is 5.69 Å². The molecular weight excluding hydrogens is 352 g/mol. The van der Waals surface area contributed by atoms with Crippen LogP contribution in [0.3, 0.4) is 0 Å². The molecule has 140 valence electrons. The van der Waals surface area contributed by atoms with Crippen LogP contribution in [-0.4, -0.2) is 34.6 Å². The van der Waals surface area contributed by atoms with Crippen LogP contribution < -0.4 is 10.0 Å². The van der Waals surface area contributed by atoms with E-state index in [4.69, 9.17) is 4.74 Å². The molecule has 0 aliphatic heterocycles. The van der Waals surface area contributed by atoms with Gasteiger partial charge in [-0.2, -0.15) is 0 Å². The van der Waals surface area contributed by atoms with Gasteiger partial charge in [-0.25, -0.2) is 13.1 Å². The minimum atomic E-state index is -3.67. The number of ether oxygens (including phenoxy) is 1. The molecule has 0 aromatic heterocycles. The highest BCUT2D eigenvalue weighted by Gasteiger charge is 2.16. The Morgan fingerprint density at radius 2 is 1.85 bits per heavy atom. The second-order valence-electron chi connectivity index (χ2n) is 6.03. The van der Waals surface area contributed by atoms with E-state index in [1.807, 2.05) is 32.0 Å². The van der Waals surface area contributed by atoms with E-state index in [1.165, 1.54) is 12.1 Å². The van der Waals surface area contributed by atoms with Crippen molar-refractivity contribution >= 4 is 21.6 Å². The first kappa shape index (κ1) is 20.1. The molecule has 0 saturated heterocycles. The van der Waals surface area contributed by atoms with Crippen molar-refractivity contribution in [1.29, 1.82) is 0 Å². The summed E-state index contributed by atoms with van der Waals surface area (Å²) in [5.74, 6) is -0.357. The van der Waals surface area contributed by atoms with Crippen LogP contribution in [-0.2, 0) is 14.8 Å². The van der Waals surface area contributed by atoms with Gasteiger partial charge in [-0.15, -0.1) is 0 Å². The van der Waals surface area contributed by atoms with Crippen LogP contribution in [0.2, 0.25) is 0 Å². The van der Waals surface area contributed by atoms with E-state index in [1.54, 1.807) is 19.2 Å². The maximum atomic E-state index is 12.4. The predicted octanol–water partition coefficient (Wildman–Crippen LogP) is 2.87. The predicted molar refractivity (Wildman–Crippen MR) is 102 cm³/mol. The van der Waals surface area contributed by atoms with E-state index in [9.17, 15) is 13.2 Å². The topological polar surface area (TPSA) is 84.5 Å². The fraction of sp³-hybridized carbons (Fsp3) is 0.316. The van der Waals surface area contributed by atoms with E-state index in [0.29, 0.717) is 18.7 Å². The van der Waals surface area contributed by atoms with Gasteiger partial charge >= 0.3 is 0 Å². The van der Waals surface area contributed by atoms with Crippen LogP contribution in [0.25, 0.3) is 0 Å². The second kappa shape index (κ2) is 8.93. The van der Waals surface area contributed by atoms with Crippen molar-refractivity contribution in [1.82, 2.24) is 4.72 Å². The maximum absolute atomic E-state index is 12.4. The molecule has 7 heteroatoms. The lowest BCUT2D eigenvalue weighted by molar-refractivity contribution is 0.102. The SMILES string of the molecule is COCCCNS(=O)(=O)c1cccc(C(=O)Nc2ccc(C)c(C)c2)c1. The lowest BCUT2D eigenvalue weighted by Gasteiger charge is -2.10. The number of carbonyl (C=O) groups excluding carboxylic acids is 1. The standard InChI is InChI=1S/C19H24N2O4S/c1-14-8-9-17(12-15(14)2)21-19(22)16-6-4-7-18(13-16)26(23,24)20-10-5-11-25-3/h4,6-9,12-13,20H,5,10-11H2,1-3H3,(H,21,22). The fourth-order valence-electron chi connectivity index (χ4n) is 2.33. The quantitative estimate of drug-likeness (QED) is 0.694. The van der Waals surface area contributed by atoms with Crippen molar-refractivity contribution in [3.8, 4) is 0 Å². The molecule has 1 amide bonds. The monoisotopic (exact) mass is 376 g/mol. The Kier molecular flexibility index (Phi) is 6.90. The lowest BCUT2D eigenvalue weighted by atomic mass is 10.1. The minimum absolute atomic E-state index is 0.0580. The zero-order valence-electron chi connectivity index (χ0n) is 15.2. The molecule has 0 unspecified atom stereocenters. The number of carbonyl (C=O) groups is 1. The Morgan fingerprint density at radius 1 is 1.08 bits per heavy atom. The number of hydrogen-bond donors (Lipinski definition) is 2. The van der Waals surface area contributed by atoms with Crippen LogP contribution >= 0.6 is 0 Å². The van der Waals surface area contributed by atoms with Crippen molar-refractivity contribution in [3.63, 3.8) is 0 Å². The van der Waals surface area contributed by atoms with E-state index < -0.39 is 10.0 Å². The average molecular weight is 376 g/mol. The zero-order valence-corrected chi connectivity index (χ0v) is 16.0. The van der Waals surface area contributed by atoms with Crippen LogP contribution in [0.1, 0.15) is 27.9 Å². The summed E-state index contributed by atoms with van der Waals surface area (Å²) >= 11 is 0. The van der Waals surface area contributed by atoms with E-state index in [0.717, 1.165) is 11.1 Å². The van der Waals surface area contributed by atoms with Gasteiger partial charge in [-0.1, -0.05) is 12.1 Å². The molecule has 0 fully saturated rings. The summed E-state index contributed by atoms with van der Waals surface area (Å²) in [5, 5.41) is 2.79. The smallest absolute Gasteiger partial charge is 0.255 e. The molecule has 26 heavy (non-hydrogen) atoms. The number of aryl methyl sites for hydroxylation is 2. The number of sulfonamides is 1. The molecule has 2 N–H and O–H groups in total. The van der Waals surface area contributed by atoms with Crippen molar-refractivity contribution in [3.05, 3.63) is 59.2 Å². The highest BCUT2D eigenvalue weighted by Crippen LogP contribution is 2.17. The summed E-state index contributed by atoms with van der Waals surface area (Å²) in [7, 11) is -2.11. The normalized spacial score (nSPS) is 11.3. The number of nitrogens with one attached hydrogen (secondary N) is 2. The number of amides is 1. The molecule has 0 aliphatic carbocycles. The van der Waals surface area contributed by atoms with Gasteiger partial charge in [0, 0.05) is 31.5 Å². The van der Waals surface area contributed by atoms with Crippen molar-refractivity contribution < 1.29 is 17.9 Å². The molecule has 0 spiro atoms. The Bertz CT molecular complexity index is 879. The Balaban J connectivity index is 2.12. The first-order valence-electron chi connectivity index (χ1n) is 8.31. The molecule has 0 radical (unpaired) electrons. The molecular formula is C19H24N2O4S. The van der Waals surface area contributed by atoms with Crippen molar-refractivity contribution in [2.45, 2.75) is 25.2 Å². The minimum Gasteiger partial charge on any atom is -0.385 e. The van der Waals surface area contributed by atoms with Crippen LogP contribution in [0.5, 0.6) is 0 Å². The van der Waals surface area contributed by atoms with Gasteiger partial charge in [-0.3, -0.25) is 4.79 Å². The summed E-state index contributed by atoms with van der Waals surface area (Å²) in [6.45, 7) is 4.71. The van der Waals surface area contributed by atoms with E-state index in [-0.39, 0.29) is 22.9 Å². The zero-order chi connectivity index (χ0) is 19.2. The average Bonchev–Trinajstić information content (AvgIpc) is 2.62. The van der Waals surface area contributed by atoms with Crippen molar-refractivity contribution in [2.75, 3.05) is 25.6 Å². The number of benzene rings is 2. The first-order valence-corrected chi connectivity index (χ1v) is 9.79. The fourth-order valence-corrected chi connectivity index (χ4v) is 3.45. The van der Waals surface area contributed by atoms with Gasteiger partial charge in [0.1, 0.15) is 0 Å². The Hall–Kier alpha value is -2.22. The molecule has 0 heterocycles. The number of anilines is 1. The van der Waals surface area contributed by atoms with E-state index >= 15 is 0 Å². The van der Waals surface area contributed by atoms with Gasteiger partial charge in [0.25, 0.3) is 5.91 Å². The first-order chi connectivity index (χ1) is 12.3. The van der Waals surface area contributed by atoms with E-state index in [2.05, 4.69) is 10.0 Å². The van der Waals surface area contributed by atoms with Gasteiger partial charge in [-0.05, 0) is 61.7 Å². The van der Waals surface area contributed by atoms with Gasteiger partial charge in [0.15, 0.2) is 0 Å². The molecule has 2 aromatic carbocycles. The van der Waals surface area contributed by atoms with Gasteiger partial charge in [0.2, 0.25) is 10.0 Å². The van der Waals surface area contributed by atoms with Gasteiger partial charge in [0.05, 0.1) is 4.90 Å². The third-order valence-electron chi connectivity index (χ3n) is 3.99. The highest BCUT2D eigenvalue weighted by atomic mass is 32.2. The lowest BCUT2D eigenvalue weighted by Crippen LogP contribution is -2.26. The van der Waals surface area contributed by atoms with Crippen LogP contribution in [0, 0.1) is 13.8 Å². The Labute approximate surface area is 154 Å². The Morgan fingerprint density at radius 3 is 2.54 bits per heavy atom.